The SMILES string of the molecule is CCCN(CC(=O)NCCOc1ccccc1)CC1CC1. The third-order valence-corrected chi connectivity index (χ3v) is 3.56. The Balaban J connectivity index is 1.59. The van der Waals surface area contributed by atoms with Gasteiger partial charge in [0, 0.05) is 6.54 Å². The van der Waals surface area contributed by atoms with E-state index in [0.717, 1.165) is 31.2 Å². The standard InChI is InChI=1S/C17H26N2O2/c1-2-11-19(13-15-8-9-15)14-17(20)18-10-12-21-16-6-4-3-5-7-16/h3-7,15H,2,8-14H2,1H3,(H,18,20). The number of para-hydroxylation sites is 1. The van der Waals surface area contributed by atoms with Gasteiger partial charge in [0.05, 0.1) is 13.1 Å². The molecule has 0 heterocycles. The summed E-state index contributed by atoms with van der Waals surface area (Å²) in [4.78, 5) is 14.2. The van der Waals surface area contributed by atoms with Crippen molar-refractivity contribution in [1.29, 1.82) is 0 Å². The number of hydrogen-bond donors (Lipinski definition) is 1. The van der Waals surface area contributed by atoms with Crippen molar-refractivity contribution in [2.45, 2.75) is 26.2 Å². The van der Waals surface area contributed by atoms with E-state index in [1.54, 1.807) is 0 Å². The van der Waals surface area contributed by atoms with Gasteiger partial charge in [-0.15, -0.1) is 0 Å². The largest absolute Gasteiger partial charge is 0.492 e. The Morgan fingerprint density at radius 2 is 2.10 bits per heavy atom. The molecule has 0 aliphatic heterocycles. The van der Waals surface area contributed by atoms with Crippen molar-refractivity contribution in [2.24, 2.45) is 5.92 Å². The summed E-state index contributed by atoms with van der Waals surface area (Å²) < 4.78 is 5.56. The monoisotopic (exact) mass is 290 g/mol. The van der Waals surface area contributed by atoms with Crippen LogP contribution in [0.4, 0.5) is 0 Å². The van der Waals surface area contributed by atoms with E-state index in [-0.39, 0.29) is 5.91 Å². The molecule has 4 heteroatoms. The maximum Gasteiger partial charge on any atom is 0.234 e. The third kappa shape index (κ3) is 6.63. The maximum atomic E-state index is 11.9. The molecule has 1 saturated carbocycles. The zero-order chi connectivity index (χ0) is 14.9. The van der Waals surface area contributed by atoms with Crippen molar-refractivity contribution in [1.82, 2.24) is 10.2 Å². The van der Waals surface area contributed by atoms with E-state index in [2.05, 4.69) is 17.1 Å². The van der Waals surface area contributed by atoms with E-state index in [4.69, 9.17) is 4.74 Å². The van der Waals surface area contributed by atoms with E-state index in [1.807, 2.05) is 30.3 Å². The normalized spacial score (nSPS) is 14.2. The molecule has 1 aromatic rings. The molecular weight excluding hydrogens is 264 g/mol. The zero-order valence-corrected chi connectivity index (χ0v) is 12.9. The Morgan fingerprint density at radius 1 is 1.33 bits per heavy atom. The molecule has 0 radical (unpaired) electrons. The van der Waals surface area contributed by atoms with Gasteiger partial charge in [-0.3, -0.25) is 9.69 Å². The second kappa shape index (κ2) is 8.67. The number of nitrogens with one attached hydrogen (secondary N) is 1. The van der Waals surface area contributed by atoms with E-state index >= 15 is 0 Å². The summed E-state index contributed by atoms with van der Waals surface area (Å²) >= 11 is 0. The highest BCUT2D eigenvalue weighted by Gasteiger charge is 2.24. The topological polar surface area (TPSA) is 41.6 Å². The minimum atomic E-state index is 0.0979. The summed E-state index contributed by atoms with van der Waals surface area (Å²) in [7, 11) is 0. The summed E-state index contributed by atoms with van der Waals surface area (Å²) in [5.74, 6) is 1.76. The van der Waals surface area contributed by atoms with Gasteiger partial charge in [0.15, 0.2) is 0 Å². The quantitative estimate of drug-likeness (QED) is 0.672. The molecule has 0 aromatic heterocycles. The van der Waals surface area contributed by atoms with Gasteiger partial charge in [-0.05, 0) is 43.9 Å². The first-order valence-corrected chi connectivity index (χ1v) is 7.95. The molecule has 4 nitrogen and oxygen atoms in total. The molecular formula is C17H26N2O2. The van der Waals surface area contributed by atoms with Gasteiger partial charge in [0.25, 0.3) is 0 Å². The lowest BCUT2D eigenvalue weighted by Gasteiger charge is -2.20. The summed E-state index contributed by atoms with van der Waals surface area (Å²) in [5.41, 5.74) is 0. The smallest absolute Gasteiger partial charge is 0.234 e. The van der Waals surface area contributed by atoms with Gasteiger partial charge >= 0.3 is 0 Å². The Morgan fingerprint density at radius 3 is 2.76 bits per heavy atom. The predicted octanol–water partition coefficient (Wildman–Crippen LogP) is 2.30. The highest BCUT2D eigenvalue weighted by molar-refractivity contribution is 5.77. The number of nitrogens with zero attached hydrogens (tertiary/aromatic N) is 1. The molecule has 0 saturated heterocycles. The van der Waals surface area contributed by atoms with Crippen LogP contribution in [0, 0.1) is 5.92 Å². The predicted molar refractivity (Wildman–Crippen MR) is 84.4 cm³/mol. The molecule has 116 valence electrons. The molecule has 0 bridgehead atoms. The molecule has 2 rings (SSSR count). The first-order chi connectivity index (χ1) is 10.3. The molecule has 1 N–H and O–H groups in total. The number of ether oxygens (including phenoxy) is 1. The number of carbonyl (C=O) groups is 1. The lowest BCUT2D eigenvalue weighted by atomic mass is 10.3. The molecule has 0 atom stereocenters. The van der Waals surface area contributed by atoms with Crippen LogP contribution in [0.25, 0.3) is 0 Å². The van der Waals surface area contributed by atoms with Crippen molar-refractivity contribution in [2.75, 3.05) is 32.8 Å². The number of rotatable bonds is 10. The Hall–Kier alpha value is -1.55. The van der Waals surface area contributed by atoms with Crippen LogP contribution in [0.1, 0.15) is 26.2 Å². The molecule has 0 unspecified atom stereocenters. The molecule has 21 heavy (non-hydrogen) atoms. The fraction of sp³-hybridized carbons (Fsp3) is 0.588. The van der Waals surface area contributed by atoms with Crippen LogP contribution < -0.4 is 10.1 Å². The maximum absolute atomic E-state index is 11.9. The third-order valence-electron chi connectivity index (χ3n) is 3.56. The number of hydrogen-bond acceptors (Lipinski definition) is 3. The van der Waals surface area contributed by atoms with E-state index < -0.39 is 0 Å². The van der Waals surface area contributed by atoms with Crippen LogP contribution in [0.2, 0.25) is 0 Å². The van der Waals surface area contributed by atoms with Crippen LogP contribution >= 0.6 is 0 Å². The van der Waals surface area contributed by atoms with Crippen LogP contribution in [0.5, 0.6) is 5.75 Å². The van der Waals surface area contributed by atoms with Crippen LogP contribution in [-0.2, 0) is 4.79 Å². The molecule has 1 fully saturated rings. The summed E-state index contributed by atoms with van der Waals surface area (Å²) in [6.45, 7) is 5.80. The zero-order valence-electron chi connectivity index (χ0n) is 12.9. The van der Waals surface area contributed by atoms with Gasteiger partial charge in [-0.1, -0.05) is 25.1 Å². The van der Waals surface area contributed by atoms with Crippen LogP contribution in [-0.4, -0.2) is 43.6 Å². The molecule has 1 aliphatic carbocycles. The minimum Gasteiger partial charge on any atom is -0.492 e. The van der Waals surface area contributed by atoms with Crippen molar-refractivity contribution in [3.05, 3.63) is 30.3 Å². The van der Waals surface area contributed by atoms with Crippen LogP contribution in [0.15, 0.2) is 30.3 Å². The Labute approximate surface area is 127 Å². The van der Waals surface area contributed by atoms with Gasteiger partial charge in [0.2, 0.25) is 5.91 Å². The van der Waals surface area contributed by atoms with E-state index in [1.165, 1.54) is 12.8 Å². The Kier molecular flexibility index (Phi) is 6.54. The highest BCUT2D eigenvalue weighted by Crippen LogP contribution is 2.29. The fourth-order valence-corrected chi connectivity index (χ4v) is 2.35. The van der Waals surface area contributed by atoms with E-state index in [9.17, 15) is 4.79 Å². The number of carbonyl (C=O) groups excluding carboxylic acids is 1. The van der Waals surface area contributed by atoms with Gasteiger partial charge in [-0.2, -0.15) is 0 Å². The second-order valence-electron chi connectivity index (χ2n) is 5.69. The lowest BCUT2D eigenvalue weighted by Crippen LogP contribution is -2.40. The van der Waals surface area contributed by atoms with Gasteiger partial charge in [0.1, 0.15) is 12.4 Å². The van der Waals surface area contributed by atoms with Crippen molar-refractivity contribution in [3.8, 4) is 5.75 Å². The summed E-state index contributed by atoms with van der Waals surface area (Å²) in [6.07, 6.45) is 3.75. The Bertz CT molecular complexity index is 418. The molecule has 1 aromatic carbocycles. The van der Waals surface area contributed by atoms with Crippen molar-refractivity contribution in [3.63, 3.8) is 0 Å². The molecule has 0 spiro atoms. The first-order valence-electron chi connectivity index (χ1n) is 7.95. The highest BCUT2D eigenvalue weighted by atomic mass is 16.5. The minimum absolute atomic E-state index is 0.0979. The molecule has 1 aliphatic rings. The van der Waals surface area contributed by atoms with Crippen molar-refractivity contribution >= 4 is 5.91 Å². The first kappa shape index (κ1) is 15.8. The fourth-order valence-electron chi connectivity index (χ4n) is 2.35. The van der Waals surface area contributed by atoms with Gasteiger partial charge < -0.3 is 10.1 Å². The molecule has 1 amide bonds. The lowest BCUT2D eigenvalue weighted by molar-refractivity contribution is -0.122. The summed E-state index contributed by atoms with van der Waals surface area (Å²) in [6, 6.07) is 9.67. The average molecular weight is 290 g/mol. The average Bonchev–Trinajstić information content (AvgIpc) is 3.29. The van der Waals surface area contributed by atoms with Crippen molar-refractivity contribution < 1.29 is 9.53 Å². The summed E-state index contributed by atoms with van der Waals surface area (Å²) in [5, 5.41) is 2.93. The van der Waals surface area contributed by atoms with Gasteiger partial charge in [-0.25, -0.2) is 0 Å². The number of benzene rings is 1. The number of amides is 1. The van der Waals surface area contributed by atoms with Crippen LogP contribution in [0.3, 0.4) is 0 Å². The second-order valence-corrected chi connectivity index (χ2v) is 5.69. The van der Waals surface area contributed by atoms with E-state index in [0.29, 0.717) is 19.7 Å².